The molecule has 0 radical (unpaired) electrons. The van der Waals surface area contributed by atoms with Crippen molar-refractivity contribution in [3.63, 3.8) is 0 Å². The first-order chi connectivity index (χ1) is 4.50. The van der Waals surface area contributed by atoms with E-state index >= 15 is 0 Å². The Morgan fingerprint density at radius 1 is 0.909 bits per heavy atom. The summed E-state index contributed by atoms with van der Waals surface area (Å²) in [5.74, 6) is 0. The molecule has 11 heavy (non-hydrogen) atoms. The maximum atomic E-state index is 8.49. The Kier molecular flexibility index (Phi) is 9.42. The predicted octanol–water partition coefficient (Wildman–Crippen LogP) is -7.76. The third-order valence-electron chi connectivity index (χ3n) is 0.539. The van der Waals surface area contributed by atoms with Crippen LogP contribution in [0.1, 0.15) is 0 Å². The summed E-state index contributed by atoms with van der Waals surface area (Å²) in [7, 11) is -4.94. The molecule has 1 fully saturated rings. The molecule has 0 atom stereocenters. The van der Waals surface area contributed by atoms with Crippen LogP contribution >= 0.6 is 0 Å². The SMILES string of the molecule is C1COCO1.[Li+].[O-][Cl+3]([O-])([O-])[O-]. The molecule has 8 heteroatoms. The normalized spacial score (nSPS) is 16.4. The fourth-order valence-corrected chi connectivity index (χ4v) is 0.295. The number of halogens is 1. The Bertz CT molecular complexity index is 66.8. The molecule has 0 aromatic heterocycles. The van der Waals surface area contributed by atoms with Crippen molar-refractivity contribution in [2.45, 2.75) is 0 Å². The number of hydrogen-bond donors (Lipinski definition) is 0. The summed E-state index contributed by atoms with van der Waals surface area (Å²) in [4.78, 5) is 0. The Hall–Kier alpha value is 0.647. The zero-order chi connectivity index (χ0) is 8.04. The third-order valence-corrected chi connectivity index (χ3v) is 0.539. The van der Waals surface area contributed by atoms with E-state index in [0.717, 1.165) is 13.2 Å². The summed E-state index contributed by atoms with van der Waals surface area (Å²) in [6, 6.07) is 0. The Labute approximate surface area is 77.6 Å². The first-order valence-electron chi connectivity index (χ1n) is 2.27. The van der Waals surface area contributed by atoms with Gasteiger partial charge in [0.15, 0.2) is 0 Å². The van der Waals surface area contributed by atoms with Gasteiger partial charge in [-0.25, -0.2) is 18.6 Å². The number of ether oxygens (including phenoxy) is 2. The van der Waals surface area contributed by atoms with E-state index in [1.807, 2.05) is 0 Å². The van der Waals surface area contributed by atoms with Crippen LogP contribution in [0.25, 0.3) is 0 Å². The molecule has 1 saturated heterocycles. The summed E-state index contributed by atoms with van der Waals surface area (Å²) in [5.41, 5.74) is 0. The second-order valence-corrected chi connectivity index (χ2v) is 2.07. The second kappa shape index (κ2) is 7.30. The van der Waals surface area contributed by atoms with Gasteiger partial charge in [0.1, 0.15) is 6.79 Å². The minimum Gasteiger partial charge on any atom is -0.353 e. The summed E-state index contributed by atoms with van der Waals surface area (Å²) in [5, 5.41) is 0. The van der Waals surface area contributed by atoms with Crippen molar-refractivity contribution in [3.8, 4) is 0 Å². The molecular formula is C3H6ClLiO6. The van der Waals surface area contributed by atoms with Crippen LogP contribution in [0.3, 0.4) is 0 Å². The first kappa shape index (κ1) is 14.2. The minimum absolute atomic E-state index is 0. The summed E-state index contributed by atoms with van der Waals surface area (Å²) in [6.45, 7) is 2.06. The molecule has 0 spiro atoms. The van der Waals surface area contributed by atoms with Crippen LogP contribution < -0.4 is 37.5 Å². The van der Waals surface area contributed by atoms with Crippen LogP contribution in [0.4, 0.5) is 0 Å². The molecule has 0 aliphatic carbocycles. The maximum absolute atomic E-state index is 8.49. The van der Waals surface area contributed by atoms with Crippen molar-refractivity contribution in [2.75, 3.05) is 20.0 Å². The molecule has 0 aromatic rings. The van der Waals surface area contributed by atoms with Crippen LogP contribution in [0, 0.1) is 10.2 Å². The van der Waals surface area contributed by atoms with Gasteiger partial charge in [-0.1, -0.05) is 0 Å². The Morgan fingerprint density at radius 3 is 1.27 bits per heavy atom. The molecule has 0 unspecified atom stereocenters. The van der Waals surface area contributed by atoms with Gasteiger partial charge in [0, 0.05) is 0 Å². The van der Waals surface area contributed by atoms with E-state index in [2.05, 4.69) is 0 Å². The van der Waals surface area contributed by atoms with Crippen molar-refractivity contribution in [1.29, 1.82) is 0 Å². The molecule has 6 nitrogen and oxygen atoms in total. The molecule has 1 heterocycles. The first-order valence-corrected chi connectivity index (χ1v) is 3.51. The fraction of sp³-hybridized carbons (Fsp3) is 1.00. The third kappa shape index (κ3) is 25.0. The predicted molar refractivity (Wildman–Crippen MR) is 16.8 cm³/mol. The molecule has 0 aromatic carbocycles. The second-order valence-electron chi connectivity index (χ2n) is 1.31. The van der Waals surface area contributed by atoms with Crippen LogP contribution in [-0.2, 0) is 9.47 Å². The van der Waals surface area contributed by atoms with E-state index < -0.39 is 10.2 Å². The smallest absolute Gasteiger partial charge is 0.353 e. The zero-order valence-corrected chi connectivity index (χ0v) is 6.70. The van der Waals surface area contributed by atoms with Crippen LogP contribution in [0.5, 0.6) is 0 Å². The van der Waals surface area contributed by atoms with Crippen molar-refractivity contribution in [3.05, 3.63) is 0 Å². The largest absolute Gasteiger partial charge is 1.00 e. The average molecular weight is 180 g/mol. The van der Waals surface area contributed by atoms with E-state index in [1.54, 1.807) is 0 Å². The maximum Gasteiger partial charge on any atom is 1.00 e. The standard InChI is InChI=1S/C3H6O2.ClHO4.Li/c1-2-5-3-4-1;2-1(3,4)5;/h1-3H2;(H,2,3,4,5);/q;;+1/p-1. The molecule has 0 amide bonds. The van der Waals surface area contributed by atoms with Gasteiger partial charge in [-0.2, -0.15) is 0 Å². The van der Waals surface area contributed by atoms with Crippen molar-refractivity contribution in [2.24, 2.45) is 0 Å². The number of hydrogen-bond acceptors (Lipinski definition) is 6. The van der Waals surface area contributed by atoms with Gasteiger partial charge < -0.3 is 9.47 Å². The van der Waals surface area contributed by atoms with E-state index in [-0.39, 0.29) is 18.9 Å². The summed E-state index contributed by atoms with van der Waals surface area (Å²) in [6.07, 6.45) is 0. The van der Waals surface area contributed by atoms with Crippen molar-refractivity contribution in [1.82, 2.24) is 0 Å². The Morgan fingerprint density at radius 2 is 1.18 bits per heavy atom. The van der Waals surface area contributed by atoms with Crippen molar-refractivity contribution < 1.29 is 57.2 Å². The zero-order valence-electron chi connectivity index (χ0n) is 5.95. The molecule has 62 valence electrons. The van der Waals surface area contributed by atoms with Gasteiger partial charge in [0.05, 0.1) is 13.2 Å². The van der Waals surface area contributed by atoms with E-state index in [4.69, 9.17) is 28.1 Å². The van der Waals surface area contributed by atoms with Crippen LogP contribution in [-0.4, -0.2) is 20.0 Å². The minimum atomic E-state index is -4.94. The molecule has 1 aliphatic heterocycles. The fourth-order valence-electron chi connectivity index (χ4n) is 0.295. The van der Waals surface area contributed by atoms with Crippen molar-refractivity contribution >= 4 is 0 Å². The molecule has 1 rings (SSSR count). The average Bonchev–Trinajstić information content (AvgIpc) is 2.07. The topological polar surface area (TPSA) is 111 Å². The van der Waals surface area contributed by atoms with E-state index in [0.29, 0.717) is 6.79 Å². The molecular weight excluding hydrogens is 174 g/mol. The van der Waals surface area contributed by atoms with E-state index in [9.17, 15) is 0 Å². The van der Waals surface area contributed by atoms with Gasteiger partial charge >= 0.3 is 18.9 Å². The molecule has 0 bridgehead atoms. The van der Waals surface area contributed by atoms with Crippen LogP contribution in [0.2, 0.25) is 0 Å². The van der Waals surface area contributed by atoms with Gasteiger partial charge in [-0.05, 0) is 0 Å². The summed E-state index contributed by atoms with van der Waals surface area (Å²) < 4.78 is 43.4. The van der Waals surface area contributed by atoms with Gasteiger partial charge in [-0.15, -0.1) is 10.2 Å². The van der Waals surface area contributed by atoms with Gasteiger partial charge in [0.2, 0.25) is 0 Å². The molecule has 0 saturated carbocycles. The van der Waals surface area contributed by atoms with Gasteiger partial charge in [-0.3, -0.25) is 0 Å². The van der Waals surface area contributed by atoms with E-state index in [1.165, 1.54) is 0 Å². The number of rotatable bonds is 0. The Balaban J connectivity index is 0. The quantitative estimate of drug-likeness (QED) is 0.342. The molecule has 0 N–H and O–H groups in total. The molecule has 1 aliphatic rings. The van der Waals surface area contributed by atoms with Crippen LogP contribution in [0.15, 0.2) is 0 Å². The monoisotopic (exact) mass is 180 g/mol. The summed E-state index contributed by atoms with van der Waals surface area (Å²) >= 11 is 0. The van der Waals surface area contributed by atoms with Gasteiger partial charge in [0.25, 0.3) is 0 Å².